The van der Waals surface area contributed by atoms with Crippen LogP contribution in [0.1, 0.15) is 64.7 Å². The fourth-order valence-corrected chi connectivity index (χ4v) is 3.72. The fourth-order valence-electron chi connectivity index (χ4n) is 2.43. The van der Waals surface area contributed by atoms with Gasteiger partial charge in [-0.2, -0.15) is 11.8 Å². The summed E-state index contributed by atoms with van der Waals surface area (Å²) < 4.78 is 0. The summed E-state index contributed by atoms with van der Waals surface area (Å²) >= 11 is 2.12. The molecule has 102 valence electrons. The van der Waals surface area contributed by atoms with Gasteiger partial charge in [0.1, 0.15) is 0 Å². The molecule has 1 aliphatic heterocycles. The van der Waals surface area contributed by atoms with E-state index in [4.69, 9.17) is 0 Å². The van der Waals surface area contributed by atoms with Crippen molar-refractivity contribution in [3.8, 4) is 0 Å². The highest BCUT2D eigenvalue weighted by Crippen LogP contribution is 2.22. The van der Waals surface area contributed by atoms with Gasteiger partial charge in [-0.3, -0.25) is 0 Å². The maximum Gasteiger partial charge on any atom is -0.00123 e. The second kappa shape index (κ2) is 11.4. The standard InChI is InChI=1S/C15H31NS/c1-2-3-4-5-6-7-8-9-11-16-13-15-10-12-17-14-15/h15-16H,2-14H2,1H3. The van der Waals surface area contributed by atoms with Crippen LogP contribution in [0.25, 0.3) is 0 Å². The maximum atomic E-state index is 3.63. The van der Waals surface area contributed by atoms with Crippen LogP contribution in [0.3, 0.4) is 0 Å². The minimum absolute atomic E-state index is 0.967. The van der Waals surface area contributed by atoms with Crippen LogP contribution >= 0.6 is 11.8 Å². The number of thioether (sulfide) groups is 1. The van der Waals surface area contributed by atoms with Gasteiger partial charge in [0.25, 0.3) is 0 Å². The first-order valence-electron chi connectivity index (χ1n) is 7.72. The second-order valence-electron chi connectivity index (χ2n) is 5.41. The summed E-state index contributed by atoms with van der Waals surface area (Å²) in [6, 6.07) is 0. The average Bonchev–Trinajstić information content (AvgIpc) is 2.85. The van der Waals surface area contributed by atoms with Crippen molar-refractivity contribution < 1.29 is 0 Å². The molecule has 1 nitrogen and oxygen atoms in total. The molecule has 0 aromatic carbocycles. The summed E-state index contributed by atoms with van der Waals surface area (Å²) in [6.45, 7) is 4.80. The van der Waals surface area contributed by atoms with Gasteiger partial charge < -0.3 is 5.32 Å². The van der Waals surface area contributed by atoms with Crippen LogP contribution in [0.5, 0.6) is 0 Å². The Morgan fingerprint density at radius 2 is 1.71 bits per heavy atom. The van der Waals surface area contributed by atoms with E-state index in [-0.39, 0.29) is 0 Å². The van der Waals surface area contributed by atoms with Crippen molar-refractivity contribution in [1.29, 1.82) is 0 Å². The predicted octanol–water partition coefficient (Wildman–Crippen LogP) is 4.47. The molecule has 0 amide bonds. The van der Waals surface area contributed by atoms with Crippen LogP contribution in [0.2, 0.25) is 0 Å². The third-order valence-corrected chi connectivity index (χ3v) is 4.90. The van der Waals surface area contributed by atoms with E-state index in [2.05, 4.69) is 24.0 Å². The third kappa shape index (κ3) is 8.96. The number of rotatable bonds is 11. The first kappa shape index (κ1) is 15.4. The van der Waals surface area contributed by atoms with Gasteiger partial charge in [0.2, 0.25) is 0 Å². The fraction of sp³-hybridized carbons (Fsp3) is 1.00. The lowest BCUT2D eigenvalue weighted by atomic mass is 10.1. The van der Waals surface area contributed by atoms with Crippen LogP contribution in [-0.4, -0.2) is 24.6 Å². The molecule has 2 heteroatoms. The van der Waals surface area contributed by atoms with Gasteiger partial charge in [0.05, 0.1) is 0 Å². The van der Waals surface area contributed by atoms with E-state index in [1.807, 2.05) is 0 Å². The Labute approximate surface area is 113 Å². The Morgan fingerprint density at radius 1 is 1.00 bits per heavy atom. The smallest absolute Gasteiger partial charge is 0.00123 e. The minimum atomic E-state index is 0.967. The molecule has 0 bridgehead atoms. The summed E-state index contributed by atoms with van der Waals surface area (Å²) in [5.41, 5.74) is 0. The first-order valence-corrected chi connectivity index (χ1v) is 8.87. The van der Waals surface area contributed by atoms with Gasteiger partial charge >= 0.3 is 0 Å². The lowest BCUT2D eigenvalue weighted by molar-refractivity contribution is 0.501. The second-order valence-corrected chi connectivity index (χ2v) is 6.56. The largest absolute Gasteiger partial charge is 0.316 e. The number of nitrogens with one attached hydrogen (secondary N) is 1. The molecular weight excluding hydrogens is 226 g/mol. The van der Waals surface area contributed by atoms with Gasteiger partial charge in [-0.15, -0.1) is 0 Å². The minimum Gasteiger partial charge on any atom is -0.316 e. The molecule has 0 aromatic rings. The highest BCUT2D eigenvalue weighted by Gasteiger charge is 2.13. The van der Waals surface area contributed by atoms with Crippen molar-refractivity contribution in [2.24, 2.45) is 5.92 Å². The summed E-state index contributed by atoms with van der Waals surface area (Å²) in [4.78, 5) is 0. The lowest BCUT2D eigenvalue weighted by Crippen LogP contribution is -2.23. The van der Waals surface area contributed by atoms with E-state index >= 15 is 0 Å². The Morgan fingerprint density at radius 3 is 2.35 bits per heavy atom. The van der Waals surface area contributed by atoms with E-state index in [1.165, 1.54) is 82.4 Å². The summed E-state index contributed by atoms with van der Waals surface area (Å²) in [5.74, 6) is 3.75. The van der Waals surface area contributed by atoms with Crippen molar-refractivity contribution in [3.05, 3.63) is 0 Å². The summed E-state index contributed by atoms with van der Waals surface area (Å²) in [5, 5.41) is 3.63. The van der Waals surface area contributed by atoms with Crippen LogP contribution in [0.15, 0.2) is 0 Å². The number of unbranched alkanes of at least 4 members (excludes halogenated alkanes) is 7. The van der Waals surface area contributed by atoms with Gasteiger partial charge in [0, 0.05) is 0 Å². The predicted molar refractivity (Wildman–Crippen MR) is 80.9 cm³/mol. The van der Waals surface area contributed by atoms with E-state index in [1.54, 1.807) is 0 Å². The monoisotopic (exact) mass is 257 g/mol. The van der Waals surface area contributed by atoms with Crippen molar-refractivity contribution >= 4 is 11.8 Å². The molecule has 1 rings (SSSR count). The number of hydrogen-bond donors (Lipinski definition) is 1. The van der Waals surface area contributed by atoms with E-state index in [9.17, 15) is 0 Å². The molecule has 0 aromatic heterocycles. The molecule has 1 heterocycles. The van der Waals surface area contributed by atoms with Crippen LogP contribution < -0.4 is 5.32 Å². The van der Waals surface area contributed by atoms with E-state index < -0.39 is 0 Å². The van der Waals surface area contributed by atoms with Gasteiger partial charge in [-0.1, -0.05) is 51.9 Å². The summed E-state index contributed by atoms with van der Waals surface area (Å²) in [7, 11) is 0. The van der Waals surface area contributed by atoms with Crippen molar-refractivity contribution in [2.45, 2.75) is 64.7 Å². The van der Waals surface area contributed by atoms with Crippen molar-refractivity contribution in [3.63, 3.8) is 0 Å². The number of hydrogen-bond acceptors (Lipinski definition) is 2. The Hall–Kier alpha value is 0.310. The Balaban J connectivity index is 1.69. The zero-order chi connectivity index (χ0) is 12.2. The maximum absolute atomic E-state index is 3.63. The average molecular weight is 257 g/mol. The third-order valence-electron chi connectivity index (χ3n) is 3.66. The van der Waals surface area contributed by atoms with Crippen molar-refractivity contribution in [2.75, 3.05) is 24.6 Å². The Bertz CT molecular complexity index is 155. The van der Waals surface area contributed by atoms with Crippen LogP contribution in [0.4, 0.5) is 0 Å². The molecule has 0 aliphatic carbocycles. The molecule has 0 spiro atoms. The van der Waals surface area contributed by atoms with Gasteiger partial charge in [0.15, 0.2) is 0 Å². The Kier molecular flexibility index (Phi) is 10.3. The molecule has 1 saturated heterocycles. The van der Waals surface area contributed by atoms with E-state index in [0.717, 1.165) is 5.92 Å². The van der Waals surface area contributed by atoms with Crippen molar-refractivity contribution in [1.82, 2.24) is 5.32 Å². The quantitative estimate of drug-likeness (QED) is 0.548. The first-order chi connectivity index (χ1) is 8.43. The molecule has 0 saturated carbocycles. The lowest BCUT2D eigenvalue weighted by Gasteiger charge is -2.09. The molecule has 1 atom stereocenters. The van der Waals surface area contributed by atoms with E-state index in [0.29, 0.717) is 0 Å². The zero-order valence-electron chi connectivity index (χ0n) is 11.7. The van der Waals surface area contributed by atoms with Gasteiger partial charge in [-0.25, -0.2) is 0 Å². The highest BCUT2D eigenvalue weighted by molar-refractivity contribution is 7.99. The molecule has 17 heavy (non-hydrogen) atoms. The summed E-state index contributed by atoms with van der Waals surface area (Å²) in [6.07, 6.45) is 12.9. The van der Waals surface area contributed by atoms with Gasteiger partial charge in [-0.05, 0) is 43.4 Å². The SMILES string of the molecule is CCCCCCCCCCNCC1CCSC1. The highest BCUT2D eigenvalue weighted by atomic mass is 32.2. The molecule has 1 aliphatic rings. The normalized spacial score (nSPS) is 19.9. The molecule has 1 N–H and O–H groups in total. The van der Waals surface area contributed by atoms with Crippen LogP contribution in [0, 0.1) is 5.92 Å². The van der Waals surface area contributed by atoms with Crippen LogP contribution in [-0.2, 0) is 0 Å². The molecule has 0 radical (unpaired) electrons. The molecule has 1 unspecified atom stereocenters. The molecular formula is C15H31NS. The zero-order valence-corrected chi connectivity index (χ0v) is 12.5. The topological polar surface area (TPSA) is 12.0 Å². The molecule has 1 fully saturated rings.